The van der Waals surface area contributed by atoms with E-state index in [4.69, 9.17) is 0 Å². The Balaban J connectivity index is 1.27. The van der Waals surface area contributed by atoms with Crippen molar-refractivity contribution in [1.29, 1.82) is 0 Å². The van der Waals surface area contributed by atoms with Crippen LogP contribution in [0.25, 0.3) is 22.2 Å². The van der Waals surface area contributed by atoms with Crippen LogP contribution in [-0.2, 0) is 4.79 Å². The van der Waals surface area contributed by atoms with E-state index in [0.717, 1.165) is 48.1 Å². The first-order chi connectivity index (χ1) is 16.2. The predicted octanol–water partition coefficient (Wildman–Crippen LogP) is 6.20. The standard InChI is InChI=1S/C29H28N2O2/c32-26(15-16-27(33)31-19-17-22(18-20-31)21-9-3-1-4-10-21)28-24-13-7-8-14-25(24)30-29(28)23-11-5-2-6-12-23/h1-14,22,30H,15-20H2. The van der Waals surface area contributed by atoms with E-state index in [1.807, 2.05) is 65.6 Å². The van der Waals surface area contributed by atoms with Crippen LogP contribution in [0.4, 0.5) is 0 Å². The number of aromatic amines is 1. The Morgan fingerprint density at radius 3 is 2.15 bits per heavy atom. The second-order valence-corrected chi connectivity index (χ2v) is 8.78. The third-order valence-electron chi connectivity index (χ3n) is 6.73. The highest BCUT2D eigenvalue weighted by molar-refractivity contribution is 6.13. The van der Waals surface area contributed by atoms with Gasteiger partial charge in [-0.25, -0.2) is 0 Å². The van der Waals surface area contributed by atoms with Gasteiger partial charge in [0.2, 0.25) is 5.91 Å². The Morgan fingerprint density at radius 1 is 0.788 bits per heavy atom. The largest absolute Gasteiger partial charge is 0.354 e. The molecule has 0 unspecified atom stereocenters. The molecule has 1 aliphatic heterocycles. The minimum absolute atomic E-state index is 0.0128. The van der Waals surface area contributed by atoms with Crippen LogP contribution in [0.5, 0.6) is 0 Å². The number of likely N-dealkylation sites (tertiary alicyclic amines) is 1. The normalized spacial score (nSPS) is 14.5. The number of piperidine rings is 1. The quantitative estimate of drug-likeness (QED) is 0.366. The lowest BCUT2D eigenvalue weighted by atomic mass is 9.89. The lowest BCUT2D eigenvalue weighted by Crippen LogP contribution is -2.38. The summed E-state index contributed by atoms with van der Waals surface area (Å²) in [5.74, 6) is 0.603. The van der Waals surface area contributed by atoms with Gasteiger partial charge in [-0.1, -0.05) is 78.9 Å². The van der Waals surface area contributed by atoms with Gasteiger partial charge in [0.15, 0.2) is 5.78 Å². The zero-order valence-corrected chi connectivity index (χ0v) is 18.7. The summed E-state index contributed by atoms with van der Waals surface area (Å²) in [7, 11) is 0. The second kappa shape index (κ2) is 9.45. The van der Waals surface area contributed by atoms with E-state index >= 15 is 0 Å². The highest BCUT2D eigenvalue weighted by Gasteiger charge is 2.25. The molecule has 1 saturated heterocycles. The number of amides is 1. The molecule has 2 heterocycles. The van der Waals surface area contributed by atoms with E-state index in [-0.39, 0.29) is 24.5 Å². The summed E-state index contributed by atoms with van der Waals surface area (Å²) >= 11 is 0. The number of carbonyl (C=O) groups is 2. The molecule has 3 aromatic carbocycles. The average molecular weight is 437 g/mol. The molecule has 1 aromatic heterocycles. The Kier molecular flexibility index (Phi) is 6.07. The highest BCUT2D eigenvalue weighted by Crippen LogP contribution is 2.32. The highest BCUT2D eigenvalue weighted by atomic mass is 16.2. The number of rotatable bonds is 6. The molecule has 166 valence electrons. The van der Waals surface area contributed by atoms with Crippen molar-refractivity contribution in [2.75, 3.05) is 13.1 Å². The maximum Gasteiger partial charge on any atom is 0.223 e. The minimum Gasteiger partial charge on any atom is -0.354 e. The Labute approximate surface area is 194 Å². The monoisotopic (exact) mass is 436 g/mol. The number of carbonyl (C=O) groups excluding carboxylic acids is 2. The smallest absolute Gasteiger partial charge is 0.223 e. The summed E-state index contributed by atoms with van der Waals surface area (Å²) in [5, 5.41) is 0.914. The van der Waals surface area contributed by atoms with Gasteiger partial charge < -0.3 is 9.88 Å². The summed E-state index contributed by atoms with van der Waals surface area (Å²) in [6, 6.07) is 28.3. The molecule has 0 atom stereocenters. The third kappa shape index (κ3) is 4.47. The average Bonchev–Trinajstić information content (AvgIpc) is 3.28. The maximum absolute atomic E-state index is 13.3. The molecule has 0 radical (unpaired) electrons. The van der Waals surface area contributed by atoms with Crippen LogP contribution in [0.15, 0.2) is 84.9 Å². The number of para-hydroxylation sites is 1. The fourth-order valence-corrected chi connectivity index (χ4v) is 4.94. The number of Topliss-reactive ketones (excluding diaryl/α,β-unsaturated/α-hetero) is 1. The first kappa shape index (κ1) is 21.2. The van der Waals surface area contributed by atoms with E-state index < -0.39 is 0 Å². The summed E-state index contributed by atoms with van der Waals surface area (Å²) in [5.41, 5.74) is 4.79. The fraction of sp³-hybridized carbons (Fsp3) is 0.241. The molecular formula is C29H28N2O2. The van der Waals surface area contributed by atoms with Crippen molar-refractivity contribution in [3.8, 4) is 11.3 Å². The number of hydrogen-bond acceptors (Lipinski definition) is 2. The van der Waals surface area contributed by atoms with Gasteiger partial charge in [0.1, 0.15) is 0 Å². The maximum atomic E-state index is 13.3. The first-order valence-electron chi connectivity index (χ1n) is 11.7. The molecule has 0 bridgehead atoms. The van der Waals surface area contributed by atoms with Crippen molar-refractivity contribution in [3.63, 3.8) is 0 Å². The second-order valence-electron chi connectivity index (χ2n) is 8.78. The number of nitrogens with one attached hydrogen (secondary N) is 1. The number of hydrogen-bond donors (Lipinski definition) is 1. The SMILES string of the molecule is O=C(CCC(=O)N1CCC(c2ccccc2)CC1)c1c(-c2ccccc2)[nH]c2ccccc12. The van der Waals surface area contributed by atoms with E-state index in [1.165, 1.54) is 5.56 Å². The van der Waals surface area contributed by atoms with Crippen LogP contribution in [-0.4, -0.2) is 34.7 Å². The van der Waals surface area contributed by atoms with Crippen LogP contribution in [0.3, 0.4) is 0 Å². The summed E-state index contributed by atoms with van der Waals surface area (Å²) in [6.45, 7) is 1.52. The van der Waals surface area contributed by atoms with Crippen molar-refractivity contribution in [1.82, 2.24) is 9.88 Å². The summed E-state index contributed by atoms with van der Waals surface area (Å²) in [6.07, 6.45) is 2.43. The summed E-state index contributed by atoms with van der Waals surface area (Å²) in [4.78, 5) is 31.6. The lowest BCUT2D eigenvalue weighted by molar-refractivity contribution is -0.132. The van der Waals surface area contributed by atoms with Crippen molar-refractivity contribution >= 4 is 22.6 Å². The Hall–Kier alpha value is -3.66. The van der Waals surface area contributed by atoms with Crippen LogP contribution in [0, 0.1) is 0 Å². The fourth-order valence-electron chi connectivity index (χ4n) is 4.94. The van der Waals surface area contributed by atoms with Crippen molar-refractivity contribution in [2.24, 2.45) is 0 Å². The van der Waals surface area contributed by atoms with Gasteiger partial charge in [0.05, 0.1) is 11.3 Å². The van der Waals surface area contributed by atoms with E-state index in [1.54, 1.807) is 0 Å². The lowest BCUT2D eigenvalue weighted by Gasteiger charge is -2.32. The van der Waals surface area contributed by atoms with Crippen LogP contribution < -0.4 is 0 Å². The molecule has 1 N–H and O–H groups in total. The topological polar surface area (TPSA) is 53.2 Å². The van der Waals surface area contributed by atoms with Crippen molar-refractivity contribution < 1.29 is 9.59 Å². The Bertz CT molecular complexity index is 1250. The molecular weight excluding hydrogens is 408 g/mol. The first-order valence-corrected chi connectivity index (χ1v) is 11.7. The number of aromatic nitrogens is 1. The number of ketones is 1. The van der Waals surface area contributed by atoms with Gasteiger partial charge in [0, 0.05) is 36.8 Å². The molecule has 4 nitrogen and oxygen atoms in total. The molecule has 1 fully saturated rings. The van der Waals surface area contributed by atoms with Gasteiger partial charge in [-0.3, -0.25) is 9.59 Å². The molecule has 5 rings (SSSR count). The van der Waals surface area contributed by atoms with Gasteiger partial charge in [-0.15, -0.1) is 0 Å². The van der Waals surface area contributed by atoms with E-state index in [9.17, 15) is 9.59 Å². The minimum atomic E-state index is 0.0128. The van der Waals surface area contributed by atoms with Crippen LogP contribution >= 0.6 is 0 Å². The van der Waals surface area contributed by atoms with Crippen LogP contribution in [0.1, 0.15) is 47.5 Å². The number of benzene rings is 3. The number of fused-ring (bicyclic) bond motifs is 1. The van der Waals surface area contributed by atoms with Gasteiger partial charge in [-0.05, 0) is 36.0 Å². The molecule has 1 amide bonds. The zero-order valence-electron chi connectivity index (χ0n) is 18.7. The van der Waals surface area contributed by atoms with Crippen LogP contribution in [0.2, 0.25) is 0 Å². The zero-order chi connectivity index (χ0) is 22.6. The molecule has 0 aliphatic carbocycles. The van der Waals surface area contributed by atoms with Crippen molar-refractivity contribution in [3.05, 3.63) is 96.1 Å². The molecule has 4 heteroatoms. The van der Waals surface area contributed by atoms with Gasteiger partial charge in [0.25, 0.3) is 0 Å². The van der Waals surface area contributed by atoms with Crippen molar-refractivity contribution in [2.45, 2.75) is 31.6 Å². The molecule has 1 aliphatic rings. The third-order valence-corrected chi connectivity index (χ3v) is 6.73. The Morgan fingerprint density at radius 2 is 1.42 bits per heavy atom. The predicted molar refractivity (Wildman–Crippen MR) is 132 cm³/mol. The molecule has 0 saturated carbocycles. The summed E-state index contributed by atoms with van der Waals surface area (Å²) < 4.78 is 0. The van der Waals surface area contributed by atoms with E-state index in [0.29, 0.717) is 11.5 Å². The number of nitrogens with zero attached hydrogens (tertiary/aromatic N) is 1. The molecule has 33 heavy (non-hydrogen) atoms. The number of H-pyrrole nitrogens is 1. The molecule has 4 aromatic rings. The molecule has 0 spiro atoms. The van der Waals surface area contributed by atoms with E-state index in [2.05, 4.69) is 29.2 Å². The van der Waals surface area contributed by atoms with Gasteiger partial charge >= 0.3 is 0 Å². The van der Waals surface area contributed by atoms with Gasteiger partial charge in [-0.2, -0.15) is 0 Å².